The van der Waals surface area contributed by atoms with E-state index >= 15 is 0 Å². The van der Waals surface area contributed by atoms with Gasteiger partial charge in [-0.25, -0.2) is 0 Å². The molecule has 1 atom stereocenters. The predicted molar refractivity (Wildman–Crippen MR) is 75.3 cm³/mol. The van der Waals surface area contributed by atoms with Crippen LogP contribution in [0.15, 0.2) is 18.2 Å². The summed E-state index contributed by atoms with van der Waals surface area (Å²) in [6, 6.07) is 6.31. The minimum Gasteiger partial charge on any atom is -0.491 e. The monoisotopic (exact) mass is 251 g/mol. The summed E-state index contributed by atoms with van der Waals surface area (Å²) in [5.74, 6) is 1.39. The van der Waals surface area contributed by atoms with Crippen molar-refractivity contribution in [2.45, 2.75) is 39.2 Å². The summed E-state index contributed by atoms with van der Waals surface area (Å²) in [5, 5.41) is 12.4. The van der Waals surface area contributed by atoms with Gasteiger partial charge in [0, 0.05) is 0 Å². The van der Waals surface area contributed by atoms with Crippen LogP contribution in [0.25, 0.3) is 0 Å². The molecule has 0 spiro atoms. The highest BCUT2D eigenvalue weighted by Gasteiger charge is 2.22. The van der Waals surface area contributed by atoms with Crippen LogP contribution in [-0.2, 0) is 0 Å². The highest BCUT2D eigenvalue weighted by atomic mass is 16.5. The standard InChI is InChI=1S/C15H25NO2/c1-11(2)13-7-6-12(3)14(8-13)18-10-15(4,9-17)16-5/h6-8,11,16-17H,9-10H2,1-5H3. The summed E-state index contributed by atoms with van der Waals surface area (Å²) in [7, 11) is 1.83. The number of aryl methyl sites for hydroxylation is 1. The van der Waals surface area contributed by atoms with E-state index in [1.165, 1.54) is 5.56 Å². The normalized spacial score (nSPS) is 14.6. The van der Waals surface area contributed by atoms with Crippen LogP contribution in [0.4, 0.5) is 0 Å². The van der Waals surface area contributed by atoms with Gasteiger partial charge < -0.3 is 15.2 Å². The first kappa shape index (κ1) is 15.0. The molecule has 0 aliphatic rings. The van der Waals surface area contributed by atoms with Crippen LogP contribution < -0.4 is 10.1 Å². The summed E-state index contributed by atoms with van der Waals surface area (Å²) < 4.78 is 5.85. The molecule has 0 aliphatic carbocycles. The van der Waals surface area contributed by atoms with Crippen LogP contribution in [0.5, 0.6) is 5.75 Å². The third kappa shape index (κ3) is 3.72. The second kappa shape index (κ2) is 6.21. The Morgan fingerprint density at radius 1 is 1.39 bits per heavy atom. The van der Waals surface area contributed by atoms with Crippen molar-refractivity contribution in [3.05, 3.63) is 29.3 Å². The number of hydrogen-bond donors (Lipinski definition) is 2. The Labute approximate surface area is 110 Å². The van der Waals surface area contributed by atoms with Gasteiger partial charge in [-0.3, -0.25) is 0 Å². The second-order valence-electron chi connectivity index (χ2n) is 5.44. The Hall–Kier alpha value is -1.06. The topological polar surface area (TPSA) is 41.5 Å². The van der Waals surface area contributed by atoms with E-state index < -0.39 is 5.54 Å². The molecule has 18 heavy (non-hydrogen) atoms. The summed E-state index contributed by atoms with van der Waals surface area (Å²) in [5.41, 5.74) is 1.99. The molecule has 0 fully saturated rings. The molecule has 1 rings (SSSR count). The number of likely N-dealkylation sites (N-methyl/N-ethyl adjacent to an activating group) is 1. The van der Waals surface area contributed by atoms with Gasteiger partial charge in [0.2, 0.25) is 0 Å². The van der Waals surface area contributed by atoms with Gasteiger partial charge in [-0.15, -0.1) is 0 Å². The van der Waals surface area contributed by atoms with Crippen molar-refractivity contribution >= 4 is 0 Å². The average molecular weight is 251 g/mol. The fraction of sp³-hybridized carbons (Fsp3) is 0.600. The van der Waals surface area contributed by atoms with Crippen molar-refractivity contribution < 1.29 is 9.84 Å². The van der Waals surface area contributed by atoms with Crippen molar-refractivity contribution in [1.29, 1.82) is 0 Å². The van der Waals surface area contributed by atoms with E-state index in [0.29, 0.717) is 12.5 Å². The summed E-state index contributed by atoms with van der Waals surface area (Å²) in [6.45, 7) is 8.80. The largest absolute Gasteiger partial charge is 0.491 e. The lowest BCUT2D eigenvalue weighted by molar-refractivity contribution is 0.122. The molecule has 1 aromatic rings. The van der Waals surface area contributed by atoms with E-state index in [1.54, 1.807) is 0 Å². The molecule has 0 radical (unpaired) electrons. The Kier molecular flexibility index (Phi) is 5.17. The van der Waals surface area contributed by atoms with Crippen molar-refractivity contribution in [2.75, 3.05) is 20.3 Å². The fourth-order valence-electron chi connectivity index (χ4n) is 1.57. The lowest BCUT2D eigenvalue weighted by Gasteiger charge is -2.27. The van der Waals surface area contributed by atoms with Gasteiger partial charge in [-0.1, -0.05) is 26.0 Å². The minimum absolute atomic E-state index is 0.0480. The molecule has 3 heteroatoms. The lowest BCUT2D eigenvalue weighted by Crippen LogP contribution is -2.48. The van der Waals surface area contributed by atoms with Crippen molar-refractivity contribution in [2.24, 2.45) is 0 Å². The van der Waals surface area contributed by atoms with Gasteiger partial charge in [0.05, 0.1) is 12.1 Å². The maximum absolute atomic E-state index is 9.33. The first-order chi connectivity index (χ1) is 8.41. The van der Waals surface area contributed by atoms with E-state index in [-0.39, 0.29) is 6.61 Å². The van der Waals surface area contributed by atoms with Gasteiger partial charge in [0.1, 0.15) is 12.4 Å². The third-order valence-electron chi connectivity index (χ3n) is 3.38. The molecule has 0 amide bonds. The van der Waals surface area contributed by atoms with E-state index in [0.717, 1.165) is 11.3 Å². The first-order valence-electron chi connectivity index (χ1n) is 6.45. The lowest BCUT2D eigenvalue weighted by atomic mass is 10.0. The molecule has 0 saturated carbocycles. The average Bonchev–Trinajstić information content (AvgIpc) is 2.37. The summed E-state index contributed by atoms with van der Waals surface area (Å²) >= 11 is 0. The van der Waals surface area contributed by atoms with E-state index in [9.17, 15) is 5.11 Å². The molecular weight excluding hydrogens is 226 g/mol. The van der Waals surface area contributed by atoms with Crippen LogP contribution in [-0.4, -0.2) is 30.9 Å². The summed E-state index contributed by atoms with van der Waals surface area (Å²) in [6.07, 6.45) is 0. The summed E-state index contributed by atoms with van der Waals surface area (Å²) in [4.78, 5) is 0. The van der Waals surface area contributed by atoms with E-state index in [4.69, 9.17) is 4.74 Å². The first-order valence-corrected chi connectivity index (χ1v) is 6.45. The number of aliphatic hydroxyl groups excluding tert-OH is 1. The Balaban J connectivity index is 2.81. The van der Waals surface area contributed by atoms with E-state index in [2.05, 4.69) is 37.4 Å². The van der Waals surface area contributed by atoms with Crippen molar-refractivity contribution in [3.63, 3.8) is 0 Å². The van der Waals surface area contributed by atoms with Crippen LogP contribution in [0, 0.1) is 6.92 Å². The molecule has 3 nitrogen and oxygen atoms in total. The number of benzene rings is 1. The highest BCUT2D eigenvalue weighted by molar-refractivity contribution is 5.37. The van der Waals surface area contributed by atoms with Gasteiger partial charge in [0.15, 0.2) is 0 Å². The van der Waals surface area contributed by atoms with E-state index in [1.807, 2.05) is 20.9 Å². The van der Waals surface area contributed by atoms with Crippen LogP contribution >= 0.6 is 0 Å². The number of aliphatic hydroxyl groups is 1. The molecule has 0 saturated heterocycles. The molecule has 2 N–H and O–H groups in total. The quantitative estimate of drug-likeness (QED) is 0.816. The predicted octanol–water partition coefficient (Wildman–Crippen LogP) is 2.47. The number of hydrogen-bond acceptors (Lipinski definition) is 3. The second-order valence-corrected chi connectivity index (χ2v) is 5.44. The molecule has 0 aliphatic heterocycles. The SMILES string of the molecule is CNC(C)(CO)COc1cc(C(C)C)ccc1C. The highest BCUT2D eigenvalue weighted by Crippen LogP contribution is 2.24. The van der Waals surface area contributed by atoms with Gasteiger partial charge in [0.25, 0.3) is 0 Å². The zero-order valence-corrected chi connectivity index (χ0v) is 12.1. The zero-order valence-electron chi connectivity index (χ0n) is 12.1. The molecule has 102 valence electrons. The Bertz CT molecular complexity index is 384. The molecule has 0 aromatic heterocycles. The zero-order chi connectivity index (χ0) is 13.8. The van der Waals surface area contributed by atoms with Gasteiger partial charge in [-0.05, 0) is 44.0 Å². The van der Waals surface area contributed by atoms with Crippen molar-refractivity contribution in [3.8, 4) is 5.75 Å². The van der Waals surface area contributed by atoms with Crippen LogP contribution in [0.1, 0.15) is 37.8 Å². The maximum Gasteiger partial charge on any atom is 0.122 e. The fourth-order valence-corrected chi connectivity index (χ4v) is 1.57. The molecule has 0 bridgehead atoms. The number of rotatable bonds is 6. The van der Waals surface area contributed by atoms with Crippen molar-refractivity contribution in [1.82, 2.24) is 5.32 Å². The molecular formula is C15H25NO2. The number of nitrogens with one attached hydrogen (secondary N) is 1. The van der Waals surface area contributed by atoms with Gasteiger partial charge >= 0.3 is 0 Å². The molecule has 1 unspecified atom stereocenters. The smallest absolute Gasteiger partial charge is 0.122 e. The molecule has 1 aromatic carbocycles. The number of ether oxygens (including phenoxy) is 1. The van der Waals surface area contributed by atoms with Crippen LogP contribution in [0.2, 0.25) is 0 Å². The minimum atomic E-state index is -0.403. The maximum atomic E-state index is 9.33. The Morgan fingerprint density at radius 3 is 2.56 bits per heavy atom. The Morgan fingerprint density at radius 2 is 2.06 bits per heavy atom. The molecule has 0 heterocycles. The van der Waals surface area contributed by atoms with Gasteiger partial charge in [-0.2, -0.15) is 0 Å². The third-order valence-corrected chi connectivity index (χ3v) is 3.38. The van der Waals surface area contributed by atoms with Crippen LogP contribution in [0.3, 0.4) is 0 Å².